The van der Waals surface area contributed by atoms with Crippen LogP contribution in [0.15, 0.2) is 0 Å². The van der Waals surface area contributed by atoms with Crippen molar-refractivity contribution in [1.82, 2.24) is 10.2 Å². The Labute approximate surface area is 129 Å². The SMILES string of the molecule is O=C(CCC1CCCC1)NCCCN1CCCCC1CO. The normalized spacial score (nSPS) is 24.3. The van der Waals surface area contributed by atoms with E-state index in [-0.39, 0.29) is 12.5 Å². The number of hydrogen-bond acceptors (Lipinski definition) is 3. The van der Waals surface area contributed by atoms with Crippen molar-refractivity contribution in [2.45, 2.75) is 70.3 Å². The van der Waals surface area contributed by atoms with Crippen LogP contribution in [0.1, 0.15) is 64.2 Å². The molecule has 0 bridgehead atoms. The summed E-state index contributed by atoms with van der Waals surface area (Å²) in [6.07, 6.45) is 11.7. The second kappa shape index (κ2) is 9.42. The number of aliphatic hydroxyl groups excluding tert-OH is 1. The lowest BCUT2D eigenvalue weighted by Gasteiger charge is -2.34. The summed E-state index contributed by atoms with van der Waals surface area (Å²) >= 11 is 0. The minimum Gasteiger partial charge on any atom is -0.395 e. The molecule has 0 radical (unpaired) electrons. The van der Waals surface area contributed by atoms with E-state index in [4.69, 9.17) is 0 Å². The molecule has 0 aromatic rings. The molecule has 122 valence electrons. The highest BCUT2D eigenvalue weighted by Gasteiger charge is 2.21. The molecule has 21 heavy (non-hydrogen) atoms. The summed E-state index contributed by atoms with van der Waals surface area (Å²) in [6.45, 7) is 3.14. The monoisotopic (exact) mass is 296 g/mol. The van der Waals surface area contributed by atoms with Gasteiger partial charge in [0.25, 0.3) is 0 Å². The number of piperidine rings is 1. The lowest BCUT2D eigenvalue weighted by molar-refractivity contribution is -0.121. The van der Waals surface area contributed by atoms with Gasteiger partial charge in [-0.1, -0.05) is 32.1 Å². The molecule has 1 aliphatic carbocycles. The van der Waals surface area contributed by atoms with Crippen molar-refractivity contribution in [1.29, 1.82) is 0 Å². The van der Waals surface area contributed by atoms with Gasteiger partial charge in [0.05, 0.1) is 6.61 Å². The predicted molar refractivity (Wildman–Crippen MR) is 85.1 cm³/mol. The van der Waals surface area contributed by atoms with Gasteiger partial charge in [-0.25, -0.2) is 0 Å². The van der Waals surface area contributed by atoms with E-state index in [1.165, 1.54) is 38.5 Å². The zero-order chi connectivity index (χ0) is 14.9. The number of aliphatic hydroxyl groups is 1. The van der Waals surface area contributed by atoms with Crippen molar-refractivity contribution >= 4 is 5.91 Å². The summed E-state index contributed by atoms with van der Waals surface area (Å²) in [4.78, 5) is 14.2. The molecule has 0 aromatic heterocycles. The van der Waals surface area contributed by atoms with Crippen molar-refractivity contribution in [2.75, 3.05) is 26.2 Å². The molecule has 2 rings (SSSR count). The van der Waals surface area contributed by atoms with Crippen LogP contribution in [0.3, 0.4) is 0 Å². The average molecular weight is 296 g/mol. The van der Waals surface area contributed by atoms with E-state index in [2.05, 4.69) is 10.2 Å². The van der Waals surface area contributed by atoms with Crippen molar-refractivity contribution in [3.05, 3.63) is 0 Å². The predicted octanol–water partition coefficient (Wildman–Crippen LogP) is 2.31. The van der Waals surface area contributed by atoms with Gasteiger partial charge in [-0.05, 0) is 38.1 Å². The molecule has 0 aromatic carbocycles. The fourth-order valence-corrected chi connectivity index (χ4v) is 3.79. The highest BCUT2D eigenvalue weighted by Crippen LogP contribution is 2.28. The number of nitrogens with one attached hydrogen (secondary N) is 1. The molecular formula is C17H32N2O2. The molecular weight excluding hydrogens is 264 g/mol. The van der Waals surface area contributed by atoms with E-state index < -0.39 is 0 Å². The summed E-state index contributed by atoms with van der Waals surface area (Å²) in [7, 11) is 0. The van der Waals surface area contributed by atoms with Gasteiger partial charge in [0.15, 0.2) is 0 Å². The summed E-state index contributed by atoms with van der Waals surface area (Å²) < 4.78 is 0. The Morgan fingerprint density at radius 2 is 1.90 bits per heavy atom. The quantitative estimate of drug-likeness (QED) is 0.676. The fourth-order valence-electron chi connectivity index (χ4n) is 3.79. The number of amides is 1. The first kappa shape index (κ1) is 16.8. The first-order chi connectivity index (χ1) is 10.3. The van der Waals surface area contributed by atoms with E-state index in [0.29, 0.717) is 12.5 Å². The number of hydrogen-bond donors (Lipinski definition) is 2. The Bertz CT molecular complexity index is 303. The van der Waals surface area contributed by atoms with Gasteiger partial charge in [0, 0.05) is 25.6 Å². The minimum absolute atomic E-state index is 0.222. The highest BCUT2D eigenvalue weighted by atomic mass is 16.3. The molecule has 4 heteroatoms. The van der Waals surface area contributed by atoms with Crippen LogP contribution < -0.4 is 5.32 Å². The topological polar surface area (TPSA) is 52.6 Å². The van der Waals surface area contributed by atoms with Crippen molar-refractivity contribution in [2.24, 2.45) is 5.92 Å². The van der Waals surface area contributed by atoms with Crippen LogP contribution >= 0.6 is 0 Å². The molecule has 2 aliphatic rings. The third kappa shape index (κ3) is 5.95. The summed E-state index contributed by atoms with van der Waals surface area (Å²) in [5.74, 6) is 1.02. The van der Waals surface area contributed by atoms with Gasteiger partial charge in [0.2, 0.25) is 5.91 Å². The average Bonchev–Trinajstić information content (AvgIpc) is 3.03. The Kier molecular flexibility index (Phi) is 7.51. The van der Waals surface area contributed by atoms with Gasteiger partial charge in [-0.3, -0.25) is 9.69 Å². The van der Waals surface area contributed by atoms with Crippen LogP contribution in [0, 0.1) is 5.92 Å². The smallest absolute Gasteiger partial charge is 0.220 e. The number of rotatable bonds is 8. The second-order valence-electron chi connectivity index (χ2n) is 6.76. The zero-order valence-corrected chi connectivity index (χ0v) is 13.4. The van der Waals surface area contributed by atoms with Crippen molar-refractivity contribution in [3.63, 3.8) is 0 Å². The Balaban J connectivity index is 1.51. The molecule has 1 aliphatic heterocycles. The minimum atomic E-state index is 0.222. The van der Waals surface area contributed by atoms with Crippen LogP contribution in [-0.4, -0.2) is 48.2 Å². The molecule has 2 N–H and O–H groups in total. The standard InChI is InChI=1S/C17H32N2O2/c20-14-16-8-3-4-12-19(16)13-5-11-18-17(21)10-9-15-6-1-2-7-15/h15-16,20H,1-14H2,(H,18,21). The molecule has 1 amide bonds. The van der Waals surface area contributed by atoms with E-state index >= 15 is 0 Å². The van der Waals surface area contributed by atoms with Crippen LogP contribution in [0.2, 0.25) is 0 Å². The van der Waals surface area contributed by atoms with Gasteiger partial charge in [0.1, 0.15) is 0 Å². The third-order valence-electron chi connectivity index (χ3n) is 5.16. The van der Waals surface area contributed by atoms with Crippen LogP contribution in [0.5, 0.6) is 0 Å². The van der Waals surface area contributed by atoms with Gasteiger partial charge in [-0.2, -0.15) is 0 Å². The zero-order valence-electron chi connectivity index (χ0n) is 13.4. The van der Waals surface area contributed by atoms with Gasteiger partial charge in [-0.15, -0.1) is 0 Å². The molecule has 1 saturated carbocycles. The molecule has 1 unspecified atom stereocenters. The lowest BCUT2D eigenvalue weighted by atomic mass is 10.0. The van der Waals surface area contributed by atoms with Crippen LogP contribution in [0.4, 0.5) is 0 Å². The van der Waals surface area contributed by atoms with Crippen molar-refractivity contribution < 1.29 is 9.90 Å². The van der Waals surface area contributed by atoms with Crippen LogP contribution in [-0.2, 0) is 4.79 Å². The maximum absolute atomic E-state index is 11.8. The Morgan fingerprint density at radius 3 is 2.67 bits per heavy atom. The highest BCUT2D eigenvalue weighted by molar-refractivity contribution is 5.75. The Hall–Kier alpha value is -0.610. The number of nitrogens with zero attached hydrogens (tertiary/aromatic N) is 1. The maximum Gasteiger partial charge on any atom is 0.220 e. The number of likely N-dealkylation sites (tertiary alicyclic amines) is 1. The Morgan fingerprint density at radius 1 is 1.14 bits per heavy atom. The number of carbonyl (C=O) groups is 1. The van der Waals surface area contributed by atoms with Crippen LogP contribution in [0.25, 0.3) is 0 Å². The van der Waals surface area contributed by atoms with Gasteiger partial charge < -0.3 is 10.4 Å². The first-order valence-corrected chi connectivity index (χ1v) is 8.91. The first-order valence-electron chi connectivity index (χ1n) is 8.91. The maximum atomic E-state index is 11.8. The van der Waals surface area contributed by atoms with E-state index in [0.717, 1.165) is 44.8 Å². The lowest BCUT2D eigenvalue weighted by Crippen LogP contribution is -2.43. The molecule has 4 nitrogen and oxygen atoms in total. The third-order valence-corrected chi connectivity index (χ3v) is 5.16. The van der Waals surface area contributed by atoms with E-state index in [1.807, 2.05) is 0 Å². The van der Waals surface area contributed by atoms with Gasteiger partial charge >= 0.3 is 0 Å². The van der Waals surface area contributed by atoms with E-state index in [9.17, 15) is 9.90 Å². The van der Waals surface area contributed by atoms with E-state index in [1.54, 1.807) is 0 Å². The molecule has 0 spiro atoms. The summed E-state index contributed by atoms with van der Waals surface area (Å²) in [5.41, 5.74) is 0. The van der Waals surface area contributed by atoms with Crippen molar-refractivity contribution in [3.8, 4) is 0 Å². The number of carbonyl (C=O) groups excluding carboxylic acids is 1. The fraction of sp³-hybridized carbons (Fsp3) is 0.941. The molecule has 2 fully saturated rings. The second-order valence-corrected chi connectivity index (χ2v) is 6.76. The summed E-state index contributed by atoms with van der Waals surface area (Å²) in [5, 5.41) is 12.4. The molecule has 1 saturated heterocycles. The molecule has 1 atom stereocenters. The molecule has 1 heterocycles. The largest absolute Gasteiger partial charge is 0.395 e. The summed E-state index contributed by atoms with van der Waals surface area (Å²) in [6, 6.07) is 0.344.